The van der Waals surface area contributed by atoms with Gasteiger partial charge in [-0.2, -0.15) is 9.50 Å². The number of fused-ring (bicyclic) bond motifs is 3. The topological polar surface area (TPSA) is 149 Å². The molecule has 1 fully saturated rings. The highest BCUT2D eigenvalue weighted by Gasteiger charge is 2.26. The fraction of sp³-hybridized carbons (Fsp3) is 0.308. The molecule has 0 aliphatic carbocycles. The van der Waals surface area contributed by atoms with Gasteiger partial charge in [-0.3, -0.25) is 19.7 Å². The van der Waals surface area contributed by atoms with Crippen molar-refractivity contribution in [3.8, 4) is 11.5 Å². The summed E-state index contributed by atoms with van der Waals surface area (Å²) in [4.78, 5) is 34.6. The molecule has 1 aliphatic heterocycles. The molecule has 0 bridgehead atoms. The van der Waals surface area contributed by atoms with Gasteiger partial charge >= 0.3 is 0 Å². The summed E-state index contributed by atoms with van der Waals surface area (Å²) in [7, 11) is 0. The van der Waals surface area contributed by atoms with Crippen LogP contribution >= 0.6 is 0 Å². The number of carbonyl (C=O) groups excluding carboxylic acids is 1. The third kappa shape index (κ3) is 4.30. The fourth-order valence-corrected chi connectivity index (χ4v) is 5.27. The molecule has 0 radical (unpaired) electrons. The number of piperazine rings is 1. The summed E-state index contributed by atoms with van der Waals surface area (Å²) in [5.41, 5.74) is 16.1. The minimum atomic E-state index is -0.556. The van der Waals surface area contributed by atoms with Crippen LogP contribution in [0.25, 0.3) is 28.2 Å². The van der Waals surface area contributed by atoms with E-state index in [1.807, 2.05) is 41.5 Å². The van der Waals surface area contributed by atoms with Crippen molar-refractivity contribution in [2.24, 2.45) is 5.73 Å². The molecule has 200 valence electrons. The zero-order valence-electron chi connectivity index (χ0n) is 21.7. The van der Waals surface area contributed by atoms with Crippen molar-refractivity contribution in [3.63, 3.8) is 0 Å². The van der Waals surface area contributed by atoms with Crippen molar-refractivity contribution in [2.45, 2.75) is 20.4 Å². The zero-order valence-corrected chi connectivity index (χ0v) is 21.7. The summed E-state index contributed by atoms with van der Waals surface area (Å²) in [5.74, 6) is -0.322. The number of hydrogen-bond donors (Lipinski definition) is 2. The molecule has 1 saturated heterocycles. The van der Waals surface area contributed by atoms with Gasteiger partial charge in [0.15, 0.2) is 11.5 Å². The zero-order chi connectivity index (χ0) is 27.3. The Bertz CT molecular complexity index is 1700. The molecule has 39 heavy (non-hydrogen) atoms. The highest BCUT2D eigenvalue weighted by atomic mass is 19.1. The monoisotopic (exact) mass is 529 g/mol. The molecule has 6 rings (SSSR count). The van der Waals surface area contributed by atoms with Gasteiger partial charge < -0.3 is 20.9 Å². The van der Waals surface area contributed by atoms with Gasteiger partial charge in [-0.25, -0.2) is 9.37 Å². The summed E-state index contributed by atoms with van der Waals surface area (Å²) in [5, 5.41) is 5.17. The van der Waals surface area contributed by atoms with Crippen molar-refractivity contribution in [1.29, 1.82) is 0 Å². The number of hydrogen-bond acceptors (Lipinski definition) is 9. The van der Waals surface area contributed by atoms with Crippen LogP contribution in [0.5, 0.6) is 0 Å². The third-order valence-corrected chi connectivity index (χ3v) is 7.20. The van der Waals surface area contributed by atoms with E-state index in [1.165, 1.54) is 10.7 Å². The molecule has 13 heteroatoms. The summed E-state index contributed by atoms with van der Waals surface area (Å²) in [6, 6.07) is 7.26. The molecule has 5 aromatic heterocycles. The maximum Gasteiger partial charge on any atom is 0.265 e. The first-order valence-corrected chi connectivity index (χ1v) is 12.7. The Morgan fingerprint density at radius 1 is 1.05 bits per heavy atom. The maximum atomic E-state index is 14.3. The van der Waals surface area contributed by atoms with Gasteiger partial charge in [0, 0.05) is 51.2 Å². The molecule has 1 amide bonds. The number of pyridine rings is 2. The van der Waals surface area contributed by atoms with Gasteiger partial charge in [-0.05, 0) is 37.6 Å². The van der Waals surface area contributed by atoms with Crippen LogP contribution in [0.4, 0.5) is 16.0 Å². The number of anilines is 2. The summed E-state index contributed by atoms with van der Waals surface area (Å²) >= 11 is 0. The molecular weight excluding hydrogens is 501 g/mol. The van der Waals surface area contributed by atoms with Crippen molar-refractivity contribution in [1.82, 2.24) is 39.0 Å². The molecule has 1 aliphatic rings. The van der Waals surface area contributed by atoms with Crippen LogP contribution in [0.1, 0.15) is 21.7 Å². The lowest BCUT2D eigenvalue weighted by Gasteiger charge is -2.36. The highest BCUT2D eigenvalue weighted by Crippen LogP contribution is 2.30. The number of nitrogens with zero attached hydrogens (tertiary/aromatic N) is 9. The lowest BCUT2D eigenvalue weighted by molar-refractivity contribution is 0.0990. The lowest BCUT2D eigenvalue weighted by atomic mass is 10.2. The Morgan fingerprint density at radius 2 is 1.85 bits per heavy atom. The second kappa shape index (κ2) is 9.58. The molecular formula is C26H28FN11O. The van der Waals surface area contributed by atoms with Gasteiger partial charge in [0.1, 0.15) is 17.0 Å². The minimum Gasteiger partial charge on any atom is -0.368 e. The number of aryl methyl sites for hydroxylation is 2. The van der Waals surface area contributed by atoms with Crippen molar-refractivity contribution in [3.05, 3.63) is 59.4 Å². The Morgan fingerprint density at radius 3 is 2.56 bits per heavy atom. The summed E-state index contributed by atoms with van der Waals surface area (Å²) in [6.45, 7) is 7.63. The highest BCUT2D eigenvalue weighted by molar-refractivity contribution is 6.04. The van der Waals surface area contributed by atoms with Crippen LogP contribution < -0.4 is 16.4 Å². The average molecular weight is 530 g/mol. The summed E-state index contributed by atoms with van der Waals surface area (Å²) in [6.07, 6.45) is 2.94. The number of nitrogen functional groups attached to an aromatic ring is 1. The summed E-state index contributed by atoms with van der Waals surface area (Å²) < 4.78 is 17.6. The molecule has 0 aromatic carbocycles. The van der Waals surface area contributed by atoms with E-state index in [-0.39, 0.29) is 11.8 Å². The first kappa shape index (κ1) is 24.7. The van der Waals surface area contributed by atoms with Crippen LogP contribution in [-0.2, 0) is 6.54 Å². The van der Waals surface area contributed by atoms with Gasteiger partial charge in [-0.15, -0.1) is 5.10 Å². The number of amides is 1. The largest absolute Gasteiger partial charge is 0.368 e. The fourth-order valence-electron chi connectivity index (χ4n) is 5.27. The van der Waals surface area contributed by atoms with Gasteiger partial charge in [0.25, 0.3) is 5.91 Å². The molecule has 12 nitrogen and oxygen atoms in total. The van der Waals surface area contributed by atoms with Crippen molar-refractivity contribution < 1.29 is 9.18 Å². The second-order valence-corrected chi connectivity index (χ2v) is 9.65. The van der Waals surface area contributed by atoms with Crippen LogP contribution in [0, 0.1) is 19.7 Å². The van der Waals surface area contributed by atoms with E-state index >= 15 is 0 Å². The number of aromatic nitrogens is 7. The predicted octanol–water partition coefficient (Wildman–Crippen LogP) is 1.80. The Hall–Kier alpha value is -4.65. The number of nitrogens with two attached hydrogens (primary N) is 2. The van der Waals surface area contributed by atoms with E-state index in [0.717, 1.165) is 18.8 Å². The molecule has 0 atom stereocenters. The average Bonchev–Trinajstić information content (AvgIpc) is 3.49. The van der Waals surface area contributed by atoms with Gasteiger partial charge in [0.2, 0.25) is 11.8 Å². The van der Waals surface area contributed by atoms with Crippen molar-refractivity contribution >= 4 is 34.2 Å². The van der Waals surface area contributed by atoms with Crippen LogP contribution in [-0.4, -0.2) is 77.6 Å². The predicted molar refractivity (Wildman–Crippen MR) is 145 cm³/mol. The number of primary amides is 1. The van der Waals surface area contributed by atoms with E-state index in [0.29, 0.717) is 71.3 Å². The number of halogens is 1. The Labute approximate surface area is 223 Å². The molecule has 0 spiro atoms. The van der Waals surface area contributed by atoms with E-state index < -0.39 is 5.91 Å². The first-order chi connectivity index (χ1) is 18.8. The van der Waals surface area contributed by atoms with E-state index in [1.54, 1.807) is 12.3 Å². The minimum absolute atomic E-state index is 0.144. The smallest absolute Gasteiger partial charge is 0.265 e. The van der Waals surface area contributed by atoms with E-state index in [2.05, 4.69) is 25.0 Å². The molecule has 4 N–H and O–H groups in total. The molecule has 0 saturated carbocycles. The van der Waals surface area contributed by atoms with E-state index in [9.17, 15) is 9.18 Å². The Kier molecular flexibility index (Phi) is 6.06. The second-order valence-electron chi connectivity index (χ2n) is 9.65. The Balaban J connectivity index is 1.30. The molecule has 5 aromatic rings. The normalized spacial score (nSPS) is 14.5. The number of rotatable bonds is 6. The van der Waals surface area contributed by atoms with Crippen LogP contribution in [0.2, 0.25) is 0 Å². The third-order valence-electron chi connectivity index (χ3n) is 7.20. The van der Waals surface area contributed by atoms with Crippen LogP contribution in [0.3, 0.4) is 0 Å². The quantitative estimate of drug-likeness (QED) is 0.336. The van der Waals surface area contributed by atoms with Gasteiger partial charge in [0.05, 0.1) is 17.3 Å². The first-order valence-electron chi connectivity index (χ1n) is 12.7. The lowest BCUT2D eigenvalue weighted by Crippen LogP contribution is -2.47. The standard InChI is InChI=1S/C26H28FN11O/c1-15-13-19(17(27)14-31-15)36-10-7-35(8-11-36)9-12-37-21(22(28)39)16(2)20-24(37)33-26(29)38-25(20)32-23(34-38)18-5-3-4-6-30-18/h3-6,13-14H,7-12H2,1-2H3,(H2,28,39)(H2,29,33). The maximum absolute atomic E-state index is 14.3. The number of carbonyl (C=O) groups is 1. The molecule has 0 unspecified atom stereocenters. The molecule has 6 heterocycles. The van der Waals surface area contributed by atoms with Crippen LogP contribution in [0.15, 0.2) is 36.7 Å². The van der Waals surface area contributed by atoms with Crippen molar-refractivity contribution in [2.75, 3.05) is 43.4 Å². The SMILES string of the molecule is Cc1cc(N2CCN(CCn3c(C(N)=O)c(C)c4c3nc(N)n3nc(-c5ccccn5)nc43)CC2)c(F)cn1. The van der Waals surface area contributed by atoms with Gasteiger partial charge in [-0.1, -0.05) is 6.07 Å². The van der Waals surface area contributed by atoms with E-state index in [4.69, 9.17) is 16.5 Å².